The lowest BCUT2D eigenvalue weighted by molar-refractivity contribution is 0.157. The lowest BCUT2D eigenvalue weighted by atomic mass is 10.1. The minimum absolute atomic E-state index is 0.619. The molecule has 0 aromatic rings. The van der Waals surface area contributed by atoms with Gasteiger partial charge in [0.05, 0.1) is 6.61 Å². The van der Waals surface area contributed by atoms with Crippen molar-refractivity contribution in [3.8, 4) is 0 Å². The molecule has 0 heterocycles. The van der Waals surface area contributed by atoms with Crippen LogP contribution >= 0.6 is 0 Å². The molecule has 1 aliphatic carbocycles. The summed E-state index contributed by atoms with van der Waals surface area (Å²) in [5.41, 5.74) is 0. The second kappa shape index (κ2) is 7.24. The molecule has 2 nitrogen and oxygen atoms in total. The standard InChI is InChI=1S/C13H27NO/c1-11(2)6-4-5-9-14-13(10-15-3)12-7-8-12/h11-14H,4-10H2,1-3H3. The molecule has 1 atom stereocenters. The molecule has 2 heteroatoms. The van der Waals surface area contributed by atoms with Crippen LogP contribution in [0.4, 0.5) is 0 Å². The van der Waals surface area contributed by atoms with Crippen molar-refractivity contribution in [2.75, 3.05) is 20.3 Å². The summed E-state index contributed by atoms with van der Waals surface area (Å²) in [6.07, 6.45) is 6.82. The summed E-state index contributed by atoms with van der Waals surface area (Å²) in [7, 11) is 1.80. The van der Waals surface area contributed by atoms with Crippen LogP contribution in [0.3, 0.4) is 0 Å². The highest BCUT2D eigenvalue weighted by atomic mass is 16.5. The van der Waals surface area contributed by atoms with Gasteiger partial charge in [-0.25, -0.2) is 0 Å². The summed E-state index contributed by atoms with van der Waals surface area (Å²) in [5.74, 6) is 1.75. The monoisotopic (exact) mass is 213 g/mol. The Morgan fingerprint density at radius 2 is 2.00 bits per heavy atom. The zero-order chi connectivity index (χ0) is 11.1. The Kier molecular flexibility index (Phi) is 6.26. The maximum atomic E-state index is 5.24. The van der Waals surface area contributed by atoms with Gasteiger partial charge in [-0.05, 0) is 37.6 Å². The van der Waals surface area contributed by atoms with E-state index in [1.807, 2.05) is 0 Å². The van der Waals surface area contributed by atoms with Gasteiger partial charge in [0.2, 0.25) is 0 Å². The third kappa shape index (κ3) is 6.16. The van der Waals surface area contributed by atoms with Crippen molar-refractivity contribution >= 4 is 0 Å². The molecular formula is C13H27NO. The predicted molar refractivity (Wildman–Crippen MR) is 65.1 cm³/mol. The molecule has 0 radical (unpaired) electrons. The van der Waals surface area contributed by atoms with Crippen molar-refractivity contribution in [1.29, 1.82) is 0 Å². The van der Waals surface area contributed by atoms with E-state index < -0.39 is 0 Å². The van der Waals surface area contributed by atoms with Crippen molar-refractivity contribution in [2.45, 2.75) is 52.0 Å². The van der Waals surface area contributed by atoms with Crippen molar-refractivity contribution in [1.82, 2.24) is 5.32 Å². The van der Waals surface area contributed by atoms with Crippen molar-refractivity contribution in [3.05, 3.63) is 0 Å². The first-order chi connectivity index (χ1) is 7.24. The fraction of sp³-hybridized carbons (Fsp3) is 1.00. The van der Waals surface area contributed by atoms with Gasteiger partial charge in [0.1, 0.15) is 0 Å². The molecule has 0 saturated heterocycles. The van der Waals surface area contributed by atoms with Gasteiger partial charge in [-0.2, -0.15) is 0 Å². The molecule has 90 valence electrons. The highest BCUT2D eigenvalue weighted by molar-refractivity contribution is 4.86. The zero-order valence-electron chi connectivity index (χ0n) is 10.6. The fourth-order valence-electron chi connectivity index (χ4n) is 2.00. The van der Waals surface area contributed by atoms with E-state index in [0.717, 1.165) is 25.0 Å². The topological polar surface area (TPSA) is 21.3 Å². The maximum Gasteiger partial charge on any atom is 0.0618 e. The van der Waals surface area contributed by atoms with Gasteiger partial charge in [-0.3, -0.25) is 0 Å². The van der Waals surface area contributed by atoms with Crippen LogP contribution in [0.25, 0.3) is 0 Å². The molecule has 0 aromatic carbocycles. The molecule has 1 N–H and O–H groups in total. The summed E-state index contributed by atoms with van der Waals surface area (Å²) >= 11 is 0. The molecule has 1 unspecified atom stereocenters. The smallest absolute Gasteiger partial charge is 0.0618 e. The van der Waals surface area contributed by atoms with Crippen LogP contribution in [-0.4, -0.2) is 26.3 Å². The molecule has 0 bridgehead atoms. The lowest BCUT2D eigenvalue weighted by Crippen LogP contribution is -2.35. The molecule has 1 aliphatic rings. The summed E-state index contributed by atoms with van der Waals surface area (Å²) < 4.78 is 5.24. The van der Waals surface area contributed by atoms with Gasteiger partial charge in [-0.1, -0.05) is 26.7 Å². The summed E-state index contributed by atoms with van der Waals surface area (Å²) in [6.45, 7) is 6.64. The lowest BCUT2D eigenvalue weighted by Gasteiger charge is -2.17. The first kappa shape index (κ1) is 13.0. The van der Waals surface area contributed by atoms with Crippen molar-refractivity contribution in [3.63, 3.8) is 0 Å². The van der Waals surface area contributed by atoms with Crippen LogP contribution in [0.15, 0.2) is 0 Å². The average molecular weight is 213 g/mol. The van der Waals surface area contributed by atoms with E-state index in [1.165, 1.54) is 32.1 Å². The molecule has 0 amide bonds. The van der Waals surface area contributed by atoms with Gasteiger partial charge in [-0.15, -0.1) is 0 Å². The number of hydrogen-bond donors (Lipinski definition) is 1. The Balaban J connectivity index is 1.96. The van der Waals surface area contributed by atoms with E-state index in [4.69, 9.17) is 4.74 Å². The van der Waals surface area contributed by atoms with E-state index in [1.54, 1.807) is 7.11 Å². The largest absolute Gasteiger partial charge is 0.383 e. The predicted octanol–water partition coefficient (Wildman–Crippen LogP) is 2.83. The summed E-state index contributed by atoms with van der Waals surface area (Å²) in [6, 6.07) is 0.619. The first-order valence-corrected chi connectivity index (χ1v) is 6.46. The molecule has 0 aliphatic heterocycles. The second-order valence-electron chi connectivity index (χ2n) is 5.24. The number of nitrogens with one attached hydrogen (secondary N) is 1. The highest BCUT2D eigenvalue weighted by Crippen LogP contribution is 2.32. The molecule has 1 saturated carbocycles. The number of hydrogen-bond acceptors (Lipinski definition) is 2. The Morgan fingerprint density at radius 1 is 1.27 bits per heavy atom. The van der Waals surface area contributed by atoms with E-state index in [-0.39, 0.29) is 0 Å². The molecule has 1 fully saturated rings. The Labute approximate surface area is 94.8 Å². The van der Waals surface area contributed by atoms with Gasteiger partial charge in [0, 0.05) is 13.2 Å². The first-order valence-electron chi connectivity index (χ1n) is 6.46. The third-order valence-corrected chi connectivity index (χ3v) is 3.15. The molecule has 0 aromatic heterocycles. The van der Waals surface area contributed by atoms with Crippen LogP contribution in [0.2, 0.25) is 0 Å². The highest BCUT2D eigenvalue weighted by Gasteiger charge is 2.30. The van der Waals surface area contributed by atoms with Gasteiger partial charge < -0.3 is 10.1 Å². The van der Waals surface area contributed by atoms with E-state index in [0.29, 0.717) is 6.04 Å². The van der Waals surface area contributed by atoms with E-state index in [2.05, 4.69) is 19.2 Å². The number of ether oxygens (including phenoxy) is 1. The Morgan fingerprint density at radius 3 is 2.53 bits per heavy atom. The van der Waals surface area contributed by atoms with Crippen molar-refractivity contribution in [2.24, 2.45) is 11.8 Å². The zero-order valence-corrected chi connectivity index (χ0v) is 10.6. The van der Waals surface area contributed by atoms with Gasteiger partial charge in [0.25, 0.3) is 0 Å². The number of methoxy groups -OCH3 is 1. The van der Waals surface area contributed by atoms with Crippen LogP contribution in [0.5, 0.6) is 0 Å². The van der Waals surface area contributed by atoms with E-state index >= 15 is 0 Å². The van der Waals surface area contributed by atoms with E-state index in [9.17, 15) is 0 Å². The Hall–Kier alpha value is -0.0800. The number of rotatable bonds is 9. The van der Waals surface area contributed by atoms with Crippen LogP contribution in [-0.2, 0) is 4.74 Å². The molecule has 0 spiro atoms. The minimum Gasteiger partial charge on any atom is -0.383 e. The molecule has 1 rings (SSSR count). The van der Waals surface area contributed by atoms with Gasteiger partial charge >= 0.3 is 0 Å². The minimum atomic E-state index is 0.619. The normalized spacial score (nSPS) is 18.4. The fourth-order valence-corrected chi connectivity index (χ4v) is 2.00. The Bertz CT molecular complexity index is 155. The quantitative estimate of drug-likeness (QED) is 0.595. The second-order valence-corrected chi connectivity index (χ2v) is 5.24. The van der Waals surface area contributed by atoms with Crippen LogP contribution < -0.4 is 5.32 Å². The van der Waals surface area contributed by atoms with Gasteiger partial charge in [0.15, 0.2) is 0 Å². The SMILES string of the molecule is COCC(NCCCCC(C)C)C1CC1. The number of unbranched alkanes of at least 4 members (excludes halogenated alkanes) is 1. The maximum absolute atomic E-state index is 5.24. The molecular weight excluding hydrogens is 186 g/mol. The molecule has 15 heavy (non-hydrogen) atoms. The third-order valence-electron chi connectivity index (χ3n) is 3.15. The average Bonchev–Trinajstić information content (AvgIpc) is 2.98. The van der Waals surface area contributed by atoms with Crippen LogP contribution in [0, 0.1) is 11.8 Å². The summed E-state index contributed by atoms with van der Waals surface area (Å²) in [5, 5.41) is 3.63. The van der Waals surface area contributed by atoms with Crippen LogP contribution in [0.1, 0.15) is 46.0 Å². The summed E-state index contributed by atoms with van der Waals surface area (Å²) in [4.78, 5) is 0. The van der Waals surface area contributed by atoms with Crippen molar-refractivity contribution < 1.29 is 4.74 Å².